The van der Waals surface area contributed by atoms with Gasteiger partial charge >= 0.3 is 5.69 Å². The number of carbonyl (C=O) groups is 1. The van der Waals surface area contributed by atoms with Gasteiger partial charge in [-0.3, -0.25) is 4.79 Å². The minimum atomic E-state index is -0.0970. The Labute approximate surface area is 111 Å². The molecule has 5 heteroatoms. The molecule has 1 unspecified atom stereocenters. The highest BCUT2D eigenvalue weighted by Gasteiger charge is 2.25. The molecule has 0 amide bonds. The molecule has 1 aromatic rings. The summed E-state index contributed by atoms with van der Waals surface area (Å²) in [7, 11) is 0. The van der Waals surface area contributed by atoms with Gasteiger partial charge in [0.2, 0.25) is 0 Å². The molecule has 2 heterocycles. The van der Waals surface area contributed by atoms with Crippen molar-refractivity contribution in [2.24, 2.45) is 5.92 Å². The molecule has 4 nitrogen and oxygen atoms in total. The highest BCUT2D eigenvalue weighted by atomic mass is 32.2. The maximum Gasteiger partial charge on any atom is 0.323 e. The third-order valence-electron chi connectivity index (χ3n) is 3.37. The van der Waals surface area contributed by atoms with Crippen LogP contribution in [0.5, 0.6) is 0 Å². The molecule has 0 aromatic carbocycles. The molecular formula is C13H20N2O2S. The van der Waals surface area contributed by atoms with Crippen LogP contribution in [-0.4, -0.2) is 15.8 Å². The van der Waals surface area contributed by atoms with Crippen molar-refractivity contribution in [2.75, 3.05) is 0 Å². The number of hydrogen-bond acceptors (Lipinski definition) is 3. The van der Waals surface area contributed by atoms with Crippen molar-refractivity contribution in [3.05, 3.63) is 21.9 Å². The Bertz CT molecular complexity index is 476. The van der Waals surface area contributed by atoms with Crippen molar-refractivity contribution >= 4 is 17.5 Å². The van der Waals surface area contributed by atoms with Gasteiger partial charge in [0.05, 0.1) is 5.69 Å². The first kappa shape index (κ1) is 13.5. The molecule has 1 aliphatic rings. The molecule has 18 heavy (non-hydrogen) atoms. The lowest BCUT2D eigenvalue weighted by Crippen LogP contribution is -2.06. The fraction of sp³-hybridized carbons (Fsp3) is 0.692. The molecule has 1 atom stereocenters. The first-order chi connectivity index (χ1) is 8.58. The topological polar surface area (TPSA) is 65.7 Å². The van der Waals surface area contributed by atoms with Gasteiger partial charge in [-0.15, -0.1) is 11.8 Å². The number of rotatable bonds is 6. The number of Topliss-reactive ketones (excluding diaryl/α,β-unsaturated/α-hetero) is 1. The molecule has 0 saturated heterocycles. The lowest BCUT2D eigenvalue weighted by Gasteiger charge is -2.09. The average Bonchev–Trinajstić information content (AvgIpc) is 2.84. The maximum absolute atomic E-state index is 11.5. The second-order valence-corrected chi connectivity index (χ2v) is 6.33. The minimum Gasteiger partial charge on any atom is -0.309 e. The van der Waals surface area contributed by atoms with E-state index in [0.717, 1.165) is 36.4 Å². The summed E-state index contributed by atoms with van der Waals surface area (Å²) in [5.41, 5.74) is 2.02. The number of hydrogen-bond donors (Lipinski definition) is 2. The lowest BCUT2D eigenvalue weighted by molar-refractivity contribution is -0.122. The van der Waals surface area contributed by atoms with Gasteiger partial charge in [-0.05, 0) is 12.8 Å². The molecule has 1 aromatic heterocycles. The third kappa shape index (κ3) is 3.07. The zero-order chi connectivity index (χ0) is 13.1. The van der Waals surface area contributed by atoms with Crippen LogP contribution in [0.15, 0.2) is 4.79 Å². The number of ketones is 1. The summed E-state index contributed by atoms with van der Waals surface area (Å²) in [5, 5.41) is 0.396. The monoisotopic (exact) mass is 268 g/mol. The Balaban J connectivity index is 1.75. The summed E-state index contributed by atoms with van der Waals surface area (Å²) in [4.78, 5) is 28.4. The second-order valence-electron chi connectivity index (χ2n) is 5.14. The van der Waals surface area contributed by atoms with Gasteiger partial charge in [0.15, 0.2) is 0 Å². The highest BCUT2D eigenvalue weighted by molar-refractivity contribution is 7.99. The van der Waals surface area contributed by atoms with Crippen LogP contribution in [0.3, 0.4) is 0 Å². The van der Waals surface area contributed by atoms with E-state index < -0.39 is 0 Å². The molecule has 0 fully saturated rings. The van der Waals surface area contributed by atoms with Crippen LogP contribution in [0.1, 0.15) is 56.2 Å². The van der Waals surface area contributed by atoms with Gasteiger partial charge in [-0.25, -0.2) is 4.79 Å². The Morgan fingerprint density at radius 2 is 2.17 bits per heavy atom. The molecule has 0 radical (unpaired) electrons. The SMILES string of the molecule is CC(C)C(=O)CCCCC1SCc2[nH]c(=O)[nH]c21. The molecule has 0 bridgehead atoms. The molecular weight excluding hydrogens is 248 g/mol. The van der Waals surface area contributed by atoms with Crippen LogP contribution < -0.4 is 5.69 Å². The number of unbranched alkanes of at least 4 members (excludes halogenated alkanes) is 1. The zero-order valence-electron chi connectivity index (χ0n) is 10.9. The Hall–Kier alpha value is -0.970. The van der Waals surface area contributed by atoms with Crippen LogP contribution >= 0.6 is 11.8 Å². The number of nitrogens with one attached hydrogen (secondary N) is 2. The Morgan fingerprint density at radius 3 is 2.89 bits per heavy atom. The van der Waals surface area contributed by atoms with E-state index in [1.165, 1.54) is 0 Å². The van der Waals surface area contributed by atoms with E-state index in [2.05, 4.69) is 9.97 Å². The van der Waals surface area contributed by atoms with E-state index in [1.54, 1.807) is 0 Å². The smallest absolute Gasteiger partial charge is 0.309 e. The zero-order valence-corrected chi connectivity index (χ0v) is 11.7. The summed E-state index contributed by atoms with van der Waals surface area (Å²) in [5.74, 6) is 1.40. The van der Waals surface area contributed by atoms with E-state index >= 15 is 0 Å². The van der Waals surface area contributed by atoms with Crippen molar-refractivity contribution < 1.29 is 4.79 Å². The van der Waals surface area contributed by atoms with E-state index in [-0.39, 0.29) is 11.6 Å². The molecule has 2 rings (SSSR count). The first-order valence-corrected chi connectivity index (χ1v) is 7.58. The van der Waals surface area contributed by atoms with E-state index in [1.807, 2.05) is 25.6 Å². The molecule has 0 aliphatic carbocycles. The summed E-state index contributed by atoms with van der Waals surface area (Å²) >= 11 is 1.87. The van der Waals surface area contributed by atoms with E-state index in [4.69, 9.17) is 0 Å². The van der Waals surface area contributed by atoms with Crippen LogP contribution in [0, 0.1) is 5.92 Å². The minimum absolute atomic E-state index is 0.0970. The van der Waals surface area contributed by atoms with Crippen molar-refractivity contribution in [1.29, 1.82) is 0 Å². The number of H-pyrrole nitrogens is 2. The lowest BCUT2D eigenvalue weighted by atomic mass is 10.0. The number of imidazole rings is 1. The number of aromatic nitrogens is 2. The van der Waals surface area contributed by atoms with Crippen molar-refractivity contribution in [2.45, 2.75) is 50.5 Å². The normalized spacial score (nSPS) is 18.3. The Kier molecular flexibility index (Phi) is 4.32. The summed E-state index contributed by atoms with van der Waals surface area (Å²) in [6.45, 7) is 3.90. The predicted octanol–water partition coefficient (Wildman–Crippen LogP) is 2.78. The van der Waals surface area contributed by atoms with E-state index in [0.29, 0.717) is 17.5 Å². The van der Waals surface area contributed by atoms with E-state index in [9.17, 15) is 9.59 Å². The van der Waals surface area contributed by atoms with Crippen LogP contribution in [0.25, 0.3) is 0 Å². The summed E-state index contributed by atoms with van der Waals surface area (Å²) in [6, 6.07) is 0. The van der Waals surface area contributed by atoms with Crippen molar-refractivity contribution in [3.8, 4) is 0 Å². The maximum atomic E-state index is 11.5. The number of carbonyl (C=O) groups excluding carboxylic acids is 1. The van der Waals surface area contributed by atoms with Gasteiger partial charge < -0.3 is 9.97 Å². The quantitative estimate of drug-likeness (QED) is 0.780. The van der Waals surface area contributed by atoms with Crippen LogP contribution in [0.2, 0.25) is 0 Å². The van der Waals surface area contributed by atoms with Crippen molar-refractivity contribution in [1.82, 2.24) is 9.97 Å². The highest BCUT2D eigenvalue weighted by Crippen LogP contribution is 2.42. The fourth-order valence-corrected chi connectivity index (χ4v) is 3.53. The Morgan fingerprint density at radius 1 is 1.39 bits per heavy atom. The van der Waals surface area contributed by atoms with Crippen molar-refractivity contribution in [3.63, 3.8) is 0 Å². The third-order valence-corrected chi connectivity index (χ3v) is 4.70. The number of fused-ring (bicyclic) bond motifs is 1. The van der Waals surface area contributed by atoms with Gasteiger partial charge in [-0.1, -0.05) is 20.3 Å². The first-order valence-electron chi connectivity index (χ1n) is 6.53. The molecule has 0 spiro atoms. The summed E-state index contributed by atoms with van der Waals surface area (Å²) in [6.07, 6.45) is 3.73. The van der Waals surface area contributed by atoms with Gasteiger partial charge in [0.1, 0.15) is 5.78 Å². The molecule has 0 saturated carbocycles. The van der Waals surface area contributed by atoms with Crippen LogP contribution in [0.4, 0.5) is 0 Å². The molecule has 100 valence electrons. The molecule has 2 N–H and O–H groups in total. The largest absolute Gasteiger partial charge is 0.323 e. The van der Waals surface area contributed by atoms with Gasteiger partial charge in [0.25, 0.3) is 0 Å². The number of aromatic amines is 2. The summed E-state index contributed by atoms with van der Waals surface area (Å²) < 4.78 is 0. The fourth-order valence-electron chi connectivity index (χ4n) is 2.23. The average molecular weight is 268 g/mol. The second kappa shape index (κ2) is 5.78. The van der Waals surface area contributed by atoms with Gasteiger partial charge in [-0.2, -0.15) is 0 Å². The van der Waals surface area contributed by atoms with Gasteiger partial charge in [0, 0.05) is 29.0 Å². The number of thioether (sulfide) groups is 1. The molecule has 1 aliphatic heterocycles. The standard InChI is InChI=1S/C13H20N2O2S/c1-8(2)10(16)5-3-4-6-11-12-9(7-18-11)14-13(17)15-12/h8,11H,3-7H2,1-2H3,(H2,14,15,17). The van der Waals surface area contributed by atoms with Crippen LogP contribution in [-0.2, 0) is 10.5 Å². The predicted molar refractivity (Wildman–Crippen MR) is 73.8 cm³/mol.